The van der Waals surface area contributed by atoms with Crippen molar-refractivity contribution in [2.75, 3.05) is 0 Å². The normalized spacial score (nSPS) is 12.2. The first-order valence-electron chi connectivity index (χ1n) is 6.69. The predicted octanol–water partition coefficient (Wildman–Crippen LogP) is 2.63. The Morgan fingerprint density at radius 2 is 1.95 bits per heavy atom. The molecule has 0 fully saturated rings. The first-order chi connectivity index (χ1) is 9.63. The molecule has 1 unspecified atom stereocenters. The van der Waals surface area contributed by atoms with Crippen LogP contribution in [0, 0.1) is 0 Å². The van der Waals surface area contributed by atoms with Crippen molar-refractivity contribution in [2.24, 2.45) is 0 Å². The van der Waals surface area contributed by atoms with Gasteiger partial charge in [0.2, 0.25) is 0 Å². The van der Waals surface area contributed by atoms with Crippen LogP contribution in [-0.2, 0) is 24.2 Å². The molecule has 2 aromatic rings. The van der Waals surface area contributed by atoms with Crippen molar-refractivity contribution in [3.63, 3.8) is 0 Å². The third-order valence-corrected chi connectivity index (χ3v) is 3.12. The van der Waals surface area contributed by atoms with Gasteiger partial charge in [-0.3, -0.25) is 4.79 Å². The summed E-state index contributed by atoms with van der Waals surface area (Å²) in [6.07, 6.45) is 2.61. The van der Waals surface area contributed by atoms with E-state index in [1.54, 1.807) is 6.26 Å². The summed E-state index contributed by atoms with van der Waals surface area (Å²) in [4.78, 5) is 10.6. The lowest BCUT2D eigenvalue weighted by Crippen LogP contribution is -2.27. The Balaban J connectivity index is 1.80. The molecule has 1 atom stereocenters. The molecule has 0 aliphatic rings. The van der Waals surface area contributed by atoms with E-state index in [1.807, 2.05) is 36.4 Å². The first kappa shape index (κ1) is 14.3. The molecule has 2 rings (SSSR count). The number of hydrogen-bond donors (Lipinski definition) is 2. The molecule has 0 saturated heterocycles. The van der Waals surface area contributed by atoms with Crippen LogP contribution in [0.15, 0.2) is 47.1 Å². The third kappa shape index (κ3) is 4.55. The van der Waals surface area contributed by atoms with Crippen LogP contribution in [0.5, 0.6) is 0 Å². The van der Waals surface area contributed by atoms with Crippen molar-refractivity contribution in [3.05, 3.63) is 59.5 Å². The molecule has 0 radical (unpaired) electrons. The number of benzene rings is 1. The molecule has 0 aliphatic carbocycles. The Labute approximate surface area is 118 Å². The number of nitrogens with one attached hydrogen (secondary N) is 1. The molecule has 106 valence electrons. The summed E-state index contributed by atoms with van der Waals surface area (Å²) >= 11 is 0. The summed E-state index contributed by atoms with van der Waals surface area (Å²) in [7, 11) is 0. The summed E-state index contributed by atoms with van der Waals surface area (Å²) in [5, 5.41) is 12.1. The number of furan rings is 1. The summed E-state index contributed by atoms with van der Waals surface area (Å²) in [5.74, 6) is 0.171. The summed E-state index contributed by atoms with van der Waals surface area (Å²) in [5.41, 5.74) is 1.97. The lowest BCUT2D eigenvalue weighted by atomic mass is 10.1. The van der Waals surface area contributed by atoms with E-state index in [-0.39, 0.29) is 6.42 Å². The van der Waals surface area contributed by atoms with E-state index in [0.29, 0.717) is 6.04 Å². The molecule has 0 saturated carbocycles. The van der Waals surface area contributed by atoms with Crippen molar-refractivity contribution in [1.82, 2.24) is 5.32 Å². The molecule has 1 aromatic heterocycles. The van der Waals surface area contributed by atoms with Crippen LogP contribution in [0.4, 0.5) is 0 Å². The fourth-order valence-electron chi connectivity index (χ4n) is 2.04. The zero-order chi connectivity index (χ0) is 14.4. The van der Waals surface area contributed by atoms with Crippen molar-refractivity contribution >= 4 is 5.97 Å². The Morgan fingerprint density at radius 3 is 2.55 bits per heavy atom. The van der Waals surface area contributed by atoms with Gasteiger partial charge in [-0.25, -0.2) is 0 Å². The van der Waals surface area contributed by atoms with E-state index >= 15 is 0 Å². The van der Waals surface area contributed by atoms with E-state index in [2.05, 4.69) is 12.2 Å². The summed E-state index contributed by atoms with van der Waals surface area (Å²) in [6, 6.07) is 11.8. The van der Waals surface area contributed by atoms with Crippen LogP contribution in [0.25, 0.3) is 0 Å². The molecule has 0 spiro atoms. The van der Waals surface area contributed by atoms with Gasteiger partial charge in [0.25, 0.3) is 0 Å². The number of carbonyl (C=O) groups is 1. The van der Waals surface area contributed by atoms with Crippen LogP contribution >= 0.6 is 0 Å². The van der Waals surface area contributed by atoms with Crippen molar-refractivity contribution in [1.29, 1.82) is 0 Å². The quantitative estimate of drug-likeness (QED) is 0.814. The van der Waals surface area contributed by atoms with Gasteiger partial charge in [0.15, 0.2) is 0 Å². The van der Waals surface area contributed by atoms with Crippen LogP contribution in [-0.4, -0.2) is 17.1 Å². The van der Waals surface area contributed by atoms with Crippen LogP contribution in [0.2, 0.25) is 0 Å². The smallest absolute Gasteiger partial charge is 0.307 e. The van der Waals surface area contributed by atoms with Crippen molar-refractivity contribution < 1.29 is 14.3 Å². The van der Waals surface area contributed by atoms with Gasteiger partial charge in [-0.2, -0.15) is 0 Å². The van der Waals surface area contributed by atoms with Gasteiger partial charge in [-0.05, 0) is 30.2 Å². The van der Waals surface area contributed by atoms with Gasteiger partial charge >= 0.3 is 5.97 Å². The molecule has 4 heteroatoms. The maximum Gasteiger partial charge on any atom is 0.307 e. The van der Waals surface area contributed by atoms with E-state index in [4.69, 9.17) is 9.52 Å². The Bertz CT molecular complexity index is 531. The lowest BCUT2D eigenvalue weighted by molar-refractivity contribution is -0.136. The minimum absolute atomic E-state index is 0.0720. The molecule has 20 heavy (non-hydrogen) atoms. The summed E-state index contributed by atoms with van der Waals surface area (Å²) < 4.78 is 5.31. The van der Waals surface area contributed by atoms with Crippen LogP contribution in [0.1, 0.15) is 23.8 Å². The molecular weight excluding hydrogens is 254 g/mol. The van der Waals surface area contributed by atoms with E-state index in [1.165, 1.54) is 0 Å². The Morgan fingerprint density at radius 1 is 1.25 bits per heavy atom. The number of carboxylic acid groups (broad SMARTS) is 1. The predicted molar refractivity (Wildman–Crippen MR) is 76.5 cm³/mol. The highest BCUT2D eigenvalue weighted by Gasteiger charge is 2.05. The molecule has 1 aromatic carbocycles. The fourth-order valence-corrected chi connectivity index (χ4v) is 2.04. The van der Waals surface area contributed by atoms with E-state index in [0.717, 1.165) is 29.9 Å². The highest BCUT2D eigenvalue weighted by molar-refractivity contribution is 5.70. The molecule has 0 aliphatic heterocycles. The molecule has 0 amide bonds. The average molecular weight is 273 g/mol. The second-order valence-electron chi connectivity index (χ2n) is 4.95. The second kappa shape index (κ2) is 6.91. The highest BCUT2D eigenvalue weighted by atomic mass is 16.4. The average Bonchev–Trinajstić information content (AvgIpc) is 2.90. The number of rotatable bonds is 7. The van der Waals surface area contributed by atoms with Crippen molar-refractivity contribution in [2.45, 2.75) is 32.4 Å². The monoisotopic (exact) mass is 273 g/mol. The molecule has 0 bridgehead atoms. The first-order valence-corrected chi connectivity index (χ1v) is 6.69. The Kier molecular flexibility index (Phi) is 4.96. The number of carboxylic acids is 1. The van der Waals surface area contributed by atoms with E-state index in [9.17, 15) is 4.79 Å². The van der Waals surface area contributed by atoms with Crippen LogP contribution < -0.4 is 5.32 Å². The summed E-state index contributed by atoms with van der Waals surface area (Å²) in [6.45, 7) is 2.87. The highest BCUT2D eigenvalue weighted by Crippen LogP contribution is 2.07. The van der Waals surface area contributed by atoms with Gasteiger partial charge in [-0.1, -0.05) is 24.3 Å². The lowest BCUT2D eigenvalue weighted by Gasteiger charge is -2.12. The molecule has 2 N–H and O–H groups in total. The van der Waals surface area contributed by atoms with Crippen molar-refractivity contribution in [3.8, 4) is 0 Å². The maximum absolute atomic E-state index is 10.6. The van der Waals surface area contributed by atoms with Gasteiger partial charge < -0.3 is 14.8 Å². The third-order valence-electron chi connectivity index (χ3n) is 3.12. The second-order valence-corrected chi connectivity index (χ2v) is 4.95. The SMILES string of the molecule is CC(Cc1ccco1)NCc1ccc(CC(=O)O)cc1. The largest absolute Gasteiger partial charge is 0.481 e. The zero-order valence-electron chi connectivity index (χ0n) is 11.5. The van der Waals surface area contributed by atoms with Crippen LogP contribution in [0.3, 0.4) is 0 Å². The minimum Gasteiger partial charge on any atom is -0.481 e. The zero-order valence-corrected chi connectivity index (χ0v) is 11.5. The maximum atomic E-state index is 10.6. The standard InChI is InChI=1S/C16H19NO3/c1-12(9-15-3-2-8-20-15)17-11-14-6-4-13(5-7-14)10-16(18)19/h2-8,12,17H,9-11H2,1H3,(H,18,19). The van der Waals surface area contributed by atoms with Gasteiger partial charge in [0.05, 0.1) is 12.7 Å². The number of hydrogen-bond acceptors (Lipinski definition) is 3. The van der Waals surface area contributed by atoms with Gasteiger partial charge in [0, 0.05) is 19.0 Å². The molecule has 1 heterocycles. The van der Waals surface area contributed by atoms with Gasteiger partial charge in [0.1, 0.15) is 5.76 Å². The minimum atomic E-state index is -0.803. The molecule has 4 nitrogen and oxygen atoms in total. The Hall–Kier alpha value is -2.07. The molecular formula is C16H19NO3. The van der Waals surface area contributed by atoms with Gasteiger partial charge in [-0.15, -0.1) is 0 Å². The number of aliphatic carboxylic acids is 1. The van der Waals surface area contributed by atoms with E-state index < -0.39 is 5.97 Å². The topological polar surface area (TPSA) is 62.5 Å². The fraction of sp³-hybridized carbons (Fsp3) is 0.312.